The fourth-order valence-corrected chi connectivity index (χ4v) is 2.67. The quantitative estimate of drug-likeness (QED) is 0.377. The highest BCUT2D eigenvalue weighted by Gasteiger charge is 2.02. The molecule has 6 nitrogen and oxygen atoms in total. The summed E-state index contributed by atoms with van der Waals surface area (Å²) < 4.78 is 5.40. The zero-order chi connectivity index (χ0) is 16.5. The van der Waals surface area contributed by atoms with Crippen molar-refractivity contribution < 1.29 is 4.74 Å². The fourth-order valence-electron chi connectivity index (χ4n) is 2.03. The Labute approximate surface area is 164 Å². The number of ether oxygens (including phenoxy) is 1. The topological polar surface area (TPSA) is 71.4 Å². The van der Waals surface area contributed by atoms with E-state index in [0.717, 1.165) is 35.2 Å². The van der Waals surface area contributed by atoms with Crippen LogP contribution in [-0.4, -0.2) is 36.1 Å². The first-order valence-electron chi connectivity index (χ1n) is 7.64. The van der Waals surface area contributed by atoms with Crippen LogP contribution >= 0.6 is 35.3 Å². The van der Waals surface area contributed by atoms with Crippen LogP contribution in [0.25, 0.3) is 0 Å². The lowest BCUT2D eigenvalue weighted by Gasteiger charge is -2.12. The summed E-state index contributed by atoms with van der Waals surface area (Å²) in [7, 11) is 1.76. The number of thiazole rings is 1. The fraction of sp³-hybridized carbons (Fsp3) is 0.438. The van der Waals surface area contributed by atoms with Crippen molar-refractivity contribution >= 4 is 41.3 Å². The van der Waals surface area contributed by atoms with E-state index in [1.165, 1.54) is 0 Å². The summed E-state index contributed by atoms with van der Waals surface area (Å²) in [5.41, 5.74) is 2.22. The normalized spacial score (nSPS) is 10.9. The van der Waals surface area contributed by atoms with Gasteiger partial charge in [-0.05, 0) is 25.5 Å². The molecule has 0 fully saturated rings. The highest BCUT2D eigenvalue weighted by Crippen LogP contribution is 2.09. The first kappa shape index (κ1) is 20.6. The Kier molecular flexibility index (Phi) is 9.62. The molecule has 0 aliphatic carbocycles. The van der Waals surface area contributed by atoms with E-state index in [1.54, 1.807) is 24.6 Å². The standard InChI is InChI=1S/C16H23N5OS.HI/c1-4-22-15-9-13(5-7-18-15)10-20-16(17-3)19-8-6-14-11-23-12(2)21-14;/h5,7,9,11H,4,6,8,10H2,1-3H3,(H2,17,19,20);1H. The summed E-state index contributed by atoms with van der Waals surface area (Å²) >= 11 is 1.68. The summed E-state index contributed by atoms with van der Waals surface area (Å²) in [6.45, 7) is 6.04. The minimum atomic E-state index is 0. The average Bonchev–Trinajstić information content (AvgIpc) is 2.97. The molecule has 0 atom stereocenters. The summed E-state index contributed by atoms with van der Waals surface area (Å²) in [6.07, 6.45) is 2.64. The van der Waals surface area contributed by atoms with Crippen LogP contribution in [0.1, 0.15) is 23.2 Å². The van der Waals surface area contributed by atoms with Gasteiger partial charge < -0.3 is 15.4 Å². The Balaban J connectivity index is 0.00000288. The van der Waals surface area contributed by atoms with Gasteiger partial charge in [0.1, 0.15) is 0 Å². The SMILES string of the molecule is CCOc1cc(CNC(=NC)NCCc2csc(C)n2)ccn1.I. The molecule has 0 radical (unpaired) electrons. The number of aryl methyl sites for hydroxylation is 1. The van der Waals surface area contributed by atoms with Gasteiger partial charge in [0.2, 0.25) is 5.88 Å². The second kappa shape index (κ2) is 11.2. The van der Waals surface area contributed by atoms with Crippen molar-refractivity contribution in [3.05, 3.63) is 40.0 Å². The monoisotopic (exact) mass is 461 g/mol. The van der Waals surface area contributed by atoms with Crippen LogP contribution in [0.5, 0.6) is 5.88 Å². The molecule has 0 amide bonds. The molecule has 24 heavy (non-hydrogen) atoms. The molecular weight excluding hydrogens is 437 g/mol. The molecule has 0 aliphatic heterocycles. The summed E-state index contributed by atoms with van der Waals surface area (Å²) in [6, 6.07) is 3.89. The smallest absolute Gasteiger partial charge is 0.213 e. The maximum Gasteiger partial charge on any atom is 0.213 e. The van der Waals surface area contributed by atoms with Gasteiger partial charge in [-0.25, -0.2) is 9.97 Å². The molecule has 2 rings (SSSR count). The van der Waals surface area contributed by atoms with Gasteiger partial charge >= 0.3 is 0 Å². The molecule has 2 aromatic rings. The number of aliphatic imine (C=N–C) groups is 1. The van der Waals surface area contributed by atoms with Gasteiger partial charge in [-0.1, -0.05) is 0 Å². The lowest BCUT2D eigenvalue weighted by Crippen LogP contribution is -2.37. The molecule has 2 N–H and O–H groups in total. The van der Waals surface area contributed by atoms with Crippen molar-refractivity contribution in [2.75, 3.05) is 20.2 Å². The molecule has 8 heteroatoms. The Morgan fingerprint density at radius 1 is 1.38 bits per heavy atom. The second-order valence-electron chi connectivity index (χ2n) is 4.90. The lowest BCUT2D eigenvalue weighted by molar-refractivity contribution is 0.326. The van der Waals surface area contributed by atoms with E-state index in [-0.39, 0.29) is 24.0 Å². The van der Waals surface area contributed by atoms with Crippen molar-refractivity contribution in [3.63, 3.8) is 0 Å². The van der Waals surface area contributed by atoms with E-state index >= 15 is 0 Å². The molecule has 0 aromatic carbocycles. The molecule has 2 heterocycles. The first-order chi connectivity index (χ1) is 11.2. The van der Waals surface area contributed by atoms with E-state index < -0.39 is 0 Å². The van der Waals surface area contributed by atoms with E-state index in [9.17, 15) is 0 Å². The van der Waals surface area contributed by atoms with Crippen LogP contribution < -0.4 is 15.4 Å². The van der Waals surface area contributed by atoms with Crippen LogP contribution in [0, 0.1) is 6.92 Å². The number of aromatic nitrogens is 2. The minimum absolute atomic E-state index is 0. The van der Waals surface area contributed by atoms with Crippen molar-refractivity contribution in [1.29, 1.82) is 0 Å². The summed E-state index contributed by atoms with van der Waals surface area (Å²) in [5.74, 6) is 1.42. The van der Waals surface area contributed by atoms with E-state index in [0.29, 0.717) is 19.0 Å². The summed E-state index contributed by atoms with van der Waals surface area (Å²) in [4.78, 5) is 12.8. The second-order valence-corrected chi connectivity index (χ2v) is 5.96. The lowest BCUT2D eigenvalue weighted by atomic mass is 10.2. The molecule has 0 saturated heterocycles. The van der Waals surface area contributed by atoms with Crippen LogP contribution in [-0.2, 0) is 13.0 Å². The summed E-state index contributed by atoms with van der Waals surface area (Å²) in [5, 5.41) is 9.78. The van der Waals surface area contributed by atoms with Crippen molar-refractivity contribution in [2.24, 2.45) is 4.99 Å². The molecular formula is C16H24IN5OS. The average molecular weight is 461 g/mol. The molecule has 2 aromatic heterocycles. The van der Waals surface area contributed by atoms with E-state index in [2.05, 4.69) is 31.0 Å². The van der Waals surface area contributed by atoms with Gasteiger partial charge in [-0.2, -0.15) is 0 Å². The zero-order valence-corrected chi connectivity index (χ0v) is 17.4. The predicted molar refractivity (Wildman–Crippen MR) is 110 cm³/mol. The third kappa shape index (κ3) is 7.00. The predicted octanol–water partition coefficient (Wildman–Crippen LogP) is 2.77. The van der Waals surface area contributed by atoms with Crippen LogP contribution in [0.4, 0.5) is 0 Å². The molecule has 0 aliphatic rings. The van der Waals surface area contributed by atoms with Crippen molar-refractivity contribution in [2.45, 2.75) is 26.8 Å². The van der Waals surface area contributed by atoms with Gasteiger partial charge in [0.25, 0.3) is 0 Å². The molecule has 0 spiro atoms. The van der Waals surface area contributed by atoms with Crippen molar-refractivity contribution in [3.8, 4) is 5.88 Å². The largest absolute Gasteiger partial charge is 0.478 e. The number of pyridine rings is 1. The zero-order valence-electron chi connectivity index (χ0n) is 14.2. The number of hydrogen-bond acceptors (Lipinski definition) is 5. The molecule has 0 bridgehead atoms. The van der Waals surface area contributed by atoms with Crippen LogP contribution in [0.15, 0.2) is 28.7 Å². The Hall–Kier alpha value is -1.42. The third-order valence-corrected chi connectivity index (χ3v) is 3.94. The van der Waals surface area contributed by atoms with Gasteiger partial charge in [0, 0.05) is 44.2 Å². The number of rotatable bonds is 7. The molecule has 132 valence electrons. The van der Waals surface area contributed by atoms with E-state index in [4.69, 9.17) is 4.74 Å². The number of halogens is 1. The van der Waals surface area contributed by atoms with Gasteiger partial charge in [-0.3, -0.25) is 4.99 Å². The van der Waals surface area contributed by atoms with Crippen LogP contribution in [0.3, 0.4) is 0 Å². The Morgan fingerprint density at radius 2 is 2.21 bits per heavy atom. The van der Waals surface area contributed by atoms with Crippen molar-refractivity contribution in [1.82, 2.24) is 20.6 Å². The first-order valence-corrected chi connectivity index (χ1v) is 8.52. The van der Waals surface area contributed by atoms with E-state index in [1.807, 2.05) is 26.0 Å². The molecule has 0 unspecified atom stereocenters. The van der Waals surface area contributed by atoms with Crippen LogP contribution in [0.2, 0.25) is 0 Å². The number of nitrogens with zero attached hydrogens (tertiary/aromatic N) is 3. The maximum absolute atomic E-state index is 5.40. The van der Waals surface area contributed by atoms with Gasteiger partial charge in [0.15, 0.2) is 5.96 Å². The van der Waals surface area contributed by atoms with Gasteiger partial charge in [0.05, 0.1) is 17.3 Å². The number of nitrogens with one attached hydrogen (secondary N) is 2. The third-order valence-electron chi connectivity index (χ3n) is 3.12. The molecule has 0 saturated carbocycles. The minimum Gasteiger partial charge on any atom is -0.478 e. The Morgan fingerprint density at radius 3 is 2.88 bits per heavy atom. The highest BCUT2D eigenvalue weighted by atomic mass is 127. The highest BCUT2D eigenvalue weighted by molar-refractivity contribution is 14.0. The Bertz CT molecular complexity index is 647. The number of hydrogen-bond donors (Lipinski definition) is 2. The number of guanidine groups is 1. The van der Waals surface area contributed by atoms with Gasteiger partial charge in [-0.15, -0.1) is 35.3 Å². The maximum atomic E-state index is 5.40.